The predicted octanol–water partition coefficient (Wildman–Crippen LogP) is 6.97. The maximum atomic E-state index is 14.6. The van der Waals surface area contributed by atoms with Gasteiger partial charge in [0.25, 0.3) is 5.91 Å². The molecular formula is C40H43BN2O5. The highest BCUT2D eigenvalue weighted by Crippen LogP contribution is 2.65. The number of nitrogens with zero attached hydrogens (tertiary/aromatic N) is 1. The number of carbonyl (C=O) groups excluding carboxylic acids is 1. The Bertz CT molecular complexity index is 1830. The van der Waals surface area contributed by atoms with Crippen molar-refractivity contribution >= 4 is 29.5 Å². The quantitative estimate of drug-likeness (QED) is 0.189. The first-order chi connectivity index (χ1) is 23.2. The molecule has 4 aromatic rings. The number of rotatable bonds is 10. The van der Waals surface area contributed by atoms with Crippen molar-refractivity contribution in [3.05, 3.63) is 114 Å². The smallest absolute Gasteiger partial charge is 0.482 e. The Balaban J connectivity index is 1.03. The monoisotopic (exact) mass is 642 g/mol. The molecule has 246 valence electrons. The first-order valence-corrected chi connectivity index (χ1v) is 17.3. The summed E-state index contributed by atoms with van der Waals surface area (Å²) in [5.74, 6) is 1.16. The third-order valence-electron chi connectivity index (χ3n) is 11.6. The molecule has 4 aromatic carbocycles. The van der Waals surface area contributed by atoms with Crippen LogP contribution in [-0.2, 0) is 31.8 Å². The number of nitrogens with one attached hydrogen (secondary N) is 1. The molecule has 4 fully saturated rings. The second kappa shape index (κ2) is 12.1. The number of amides is 1. The zero-order valence-corrected chi connectivity index (χ0v) is 27.9. The van der Waals surface area contributed by atoms with Crippen molar-refractivity contribution < 1.29 is 23.7 Å². The Hall–Kier alpha value is -4.14. The summed E-state index contributed by atoms with van der Waals surface area (Å²) in [6, 6.07) is 34.4. The number of fused-ring (bicyclic) bond motifs is 1. The van der Waals surface area contributed by atoms with Gasteiger partial charge in [0.05, 0.1) is 23.4 Å². The molecule has 1 amide bonds. The summed E-state index contributed by atoms with van der Waals surface area (Å²) in [4.78, 5) is 20.8. The van der Waals surface area contributed by atoms with E-state index in [1.54, 1.807) is 0 Å². The number of hydrogen-bond donors (Lipinski definition) is 1. The Morgan fingerprint density at radius 2 is 1.62 bits per heavy atom. The lowest BCUT2D eigenvalue weighted by Crippen LogP contribution is -2.65. The number of carbonyl (C=O) groups is 1. The van der Waals surface area contributed by atoms with Gasteiger partial charge in [0.2, 0.25) is 5.60 Å². The molecule has 2 bridgehead atoms. The molecule has 1 N–H and O–H groups in total. The predicted molar refractivity (Wildman–Crippen MR) is 188 cm³/mol. The van der Waals surface area contributed by atoms with E-state index in [1.807, 2.05) is 78.9 Å². The maximum Gasteiger partial charge on any atom is 0.482 e. The minimum absolute atomic E-state index is 0.0117. The standard InChI is InChI=1S/C40H43BN2O5/c1-38(2)31-22-34(38)39(3)35(23-31)46-41(47-39)36(20-27-12-6-4-7-13-27)42-37(44)40(24-28-14-8-5-9-15-28)25-32(43-48-40)26-45-33-19-18-29-16-10-11-17-30(29)21-33/h4-19,21,31,34-36H,20,22-26H2,1-3H3,(H,42,44)/t31-,34-,35+,36-,39-,40?/m0/s1. The lowest BCUT2D eigenvalue weighted by molar-refractivity contribution is -0.199. The van der Waals surface area contributed by atoms with Crippen LogP contribution in [0.15, 0.2) is 108 Å². The molecule has 0 aromatic heterocycles. The van der Waals surface area contributed by atoms with Crippen LogP contribution in [0.4, 0.5) is 0 Å². The molecule has 0 spiro atoms. The number of oxime groups is 1. The summed E-state index contributed by atoms with van der Waals surface area (Å²) in [5.41, 5.74) is 1.38. The molecule has 2 aliphatic heterocycles. The molecule has 1 saturated heterocycles. The number of benzene rings is 4. The highest BCUT2D eigenvalue weighted by atomic mass is 16.7. The van der Waals surface area contributed by atoms with Crippen molar-refractivity contribution in [2.45, 2.75) is 76.1 Å². The van der Waals surface area contributed by atoms with Gasteiger partial charge in [-0.15, -0.1) is 0 Å². The van der Waals surface area contributed by atoms with Gasteiger partial charge in [-0.2, -0.15) is 0 Å². The first kappa shape index (κ1) is 31.2. The van der Waals surface area contributed by atoms with Crippen LogP contribution in [0.5, 0.6) is 5.75 Å². The number of hydrogen-bond acceptors (Lipinski definition) is 6. The molecule has 5 aliphatic rings. The zero-order chi connectivity index (χ0) is 32.9. The molecule has 8 heteroatoms. The van der Waals surface area contributed by atoms with Gasteiger partial charge in [0, 0.05) is 12.8 Å². The Morgan fingerprint density at radius 1 is 0.917 bits per heavy atom. The van der Waals surface area contributed by atoms with Gasteiger partial charge in [0.15, 0.2) is 0 Å². The minimum atomic E-state index is -1.24. The van der Waals surface area contributed by atoms with E-state index in [-0.39, 0.29) is 29.6 Å². The normalized spacial score (nSPS) is 28.9. The van der Waals surface area contributed by atoms with Crippen LogP contribution >= 0.6 is 0 Å². The third-order valence-corrected chi connectivity index (χ3v) is 11.6. The zero-order valence-electron chi connectivity index (χ0n) is 27.9. The van der Waals surface area contributed by atoms with Crippen LogP contribution in [0.2, 0.25) is 0 Å². The highest BCUT2D eigenvalue weighted by molar-refractivity contribution is 6.48. The number of ether oxygens (including phenoxy) is 1. The average molecular weight is 643 g/mol. The lowest BCUT2D eigenvalue weighted by Gasteiger charge is -2.64. The summed E-state index contributed by atoms with van der Waals surface area (Å²) in [6.07, 6.45) is 3.41. The molecule has 3 saturated carbocycles. The van der Waals surface area contributed by atoms with Crippen molar-refractivity contribution in [3.63, 3.8) is 0 Å². The summed E-state index contributed by atoms with van der Waals surface area (Å²) in [6.45, 7) is 7.16. The van der Waals surface area contributed by atoms with Gasteiger partial charge in [-0.3, -0.25) is 4.79 Å². The molecule has 3 aliphatic carbocycles. The molecule has 2 heterocycles. The Labute approximate surface area is 283 Å². The molecule has 7 nitrogen and oxygen atoms in total. The van der Waals surface area contributed by atoms with Gasteiger partial charge in [0.1, 0.15) is 12.4 Å². The van der Waals surface area contributed by atoms with Gasteiger partial charge in [-0.1, -0.05) is 110 Å². The van der Waals surface area contributed by atoms with Crippen LogP contribution in [0, 0.1) is 17.3 Å². The van der Waals surface area contributed by atoms with Gasteiger partial charge in [-0.05, 0) is 77.5 Å². The molecule has 9 rings (SSSR count). The summed E-state index contributed by atoms with van der Waals surface area (Å²) in [7, 11) is -0.578. The van der Waals surface area contributed by atoms with E-state index >= 15 is 0 Å². The van der Waals surface area contributed by atoms with Crippen molar-refractivity contribution in [3.8, 4) is 5.75 Å². The first-order valence-electron chi connectivity index (χ1n) is 17.3. The topological polar surface area (TPSA) is 78.4 Å². The van der Waals surface area contributed by atoms with E-state index in [9.17, 15) is 4.79 Å². The van der Waals surface area contributed by atoms with Crippen LogP contribution in [0.3, 0.4) is 0 Å². The van der Waals surface area contributed by atoms with Crippen molar-refractivity contribution in [1.82, 2.24) is 5.32 Å². The molecule has 48 heavy (non-hydrogen) atoms. The van der Waals surface area contributed by atoms with Crippen LogP contribution < -0.4 is 10.1 Å². The lowest BCUT2D eigenvalue weighted by atomic mass is 9.43. The molecule has 6 atom stereocenters. The van der Waals surface area contributed by atoms with E-state index in [0.717, 1.165) is 34.1 Å². The van der Waals surface area contributed by atoms with Crippen molar-refractivity contribution in [1.29, 1.82) is 0 Å². The Morgan fingerprint density at radius 3 is 2.38 bits per heavy atom. The van der Waals surface area contributed by atoms with E-state index < -0.39 is 18.7 Å². The van der Waals surface area contributed by atoms with E-state index in [4.69, 9.17) is 18.9 Å². The summed E-state index contributed by atoms with van der Waals surface area (Å²) < 4.78 is 19.8. The van der Waals surface area contributed by atoms with Crippen LogP contribution in [0.1, 0.15) is 51.2 Å². The van der Waals surface area contributed by atoms with E-state index in [2.05, 4.69) is 55.5 Å². The summed E-state index contributed by atoms with van der Waals surface area (Å²) >= 11 is 0. The van der Waals surface area contributed by atoms with Crippen molar-refractivity contribution in [2.75, 3.05) is 6.61 Å². The van der Waals surface area contributed by atoms with Gasteiger partial charge in [-0.25, -0.2) is 0 Å². The third kappa shape index (κ3) is 5.59. The molecular weight excluding hydrogens is 599 g/mol. The average Bonchev–Trinajstić information content (AvgIpc) is 3.69. The fourth-order valence-corrected chi connectivity index (χ4v) is 8.72. The second-order valence-corrected chi connectivity index (χ2v) is 15.0. The van der Waals surface area contributed by atoms with Gasteiger partial charge >= 0.3 is 7.12 Å². The van der Waals surface area contributed by atoms with Crippen LogP contribution in [-0.4, -0.2) is 48.6 Å². The van der Waals surface area contributed by atoms with E-state index in [1.165, 1.54) is 6.42 Å². The summed E-state index contributed by atoms with van der Waals surface area (Å²) in [5, 5.41) is 10.1. The molecule has 0 radical (unpaired) electrons. The fraction of sp³-hybridized carbons (Fsp3) is 0.400. The molecule has 1 unspecified atom stereocenters. The second-order valence-electron chi connectivity index (χ2n) is 15.0. The largest absolute Gasteiger partial charge is 0.487 e. The highest BCUT2D eigenvalue weighted by Gasteiger charge is 2.68. The minimum Gasteiger partial charge on any atom is -0.487 e. The SMILES string of the molecule is CC1(C)[C@@H]2C[C@H]3OB([C@H](Cc4ccccc4)NC(=O)C4(Cc5ccccc5)CC(COc5ccc6ccccc6c5)=NO4)O[C@@]3(C)[C@H]1C2. The van der Waals surface area contributed by atoms with E-state index in [0.29, 0.717) is 36.8 Å². The van der Waals surface area contributed by atoms with Crippen LogP contribution in [0.25, 0.3) is 10.8 Å². The van der Waals surface area contributed by atoms with Crippen molar-refractivity contribution in [2.24, 2.45) is 22.4 Å². The Kier molecular flexibility index (Phi) is 7.84. The maximum absolute atomic E-state index is 14.6. The fourth-order valence-electron chi connectivity index (χ4n) is 8.72. The van der Waals surface area contributed by atoms with Gasteiger partial charge < -0.3 is 24.2 Å².